The Morgan fingerprint density at radius 3 is 2.48 bits per heavy atom. The van der Waals surface area contributed by atoms with E-state index >= 15 is 0 Å². The molecule has 1 aliphatic rings. The number of esters is 1. The van der Waals surface area contributed by atoms with Crippen LogP contribution in [0.3, 0.4) is 0 Å². The molecule has 3 rings (SSSR count). The fourth-order valence-electron chi connectivity index (χ4n) is 2.52. The number of hydrogen-bond acceptors (Lipinski definition) is 6. The topological polar surface area (TPSA) is 86.2 Å². The first-order chi connectivity index (χ1) is 13.0. The van der Waals surface area contributed by atoms with Crippen molar-refractivity contribution in [3.05, 3.63) is 59.3 Å². The third-order valence-electron chi connectivity index (χ3n) is 3.81. The number of benzene rings is 2. The molecule has 0 bridgehead atoms. The Morgan fingerprint density at radius 1 is 1.11 bits per heavy atom. The Bertz CT molecular complexity index is 945. The fraction of sp³-hybridized carbons (Fsp3) is 0.150. The highest BCUT2D eigenvalue weighted by Gasteiger charge is 2.24. The summed E-state index contributed by atoms with van der Waals surface area (Å²) in [6, 6.07) is 12.1. The molecule has 2 aromatic carbocycles. The molecule has 2 aromatic rings. The van der Waals surface area contributed by atoms with Crippen molar-refractivity contribution in [1.29, 1.82) is 0 Å². The Labute approximate surface area is 156 Å². The van der Waals surface area contributed by atoms with Gasteiger partial charge in [0.05, 0.1) is 14.2 Å². The minimum absolute atomic E-state index is 0.161. The van der Waals surface area contributed by atoms with E-state index in [1.807, 2.05) is 0 Å². The number of hydrogen-bond donors (Lipinski definition) is 1. The molecule has 0 saturated heterocycles. The molecule has 0 aliphatic carbocycles. The molecule has 0 spiro atoms. The van der Waals surface area contributed by atoms with Crippen LogP contribution >= 0.6 is 0 Å². The first-order valence-corrected chi connectivity index (χ1v) is 8.13. The number of aliphatic imine (C=N–C) groups is 1. The Kier molecular flexibility index (Phi) is 5.21. The van der Waals surface area contributed by atoms with E-state index < -0.39 is 5.97 Å². The van der Waals surface area contributed by atoms with Gasteiger partial charge in [-0.2, -0.15) is 0 Å². The van der Waals surface area contributed by atoms with Gasteiger partial charge in [0.2, 0.25) is 11.8 Å². The molecule has 7 nitrogen and oxygen atoms in total. The first-order valence-electron chi connectivity index (χ1n) is 8.13. The number of methoxy groups -OCH3 is 2. The molecule has 1 heterocycles. The van der Waals surface area contributed by atoms with Crippen LogP contribution in [0.15, 0.2) is 53.2 Å². The van der Waals surface area contributed by atoms with Crippen molar-refractivity contribution in [3.63, 3.8) is 0 Å². The van der Waals surface area contributed by atoms with Crippen LogP contribution in [0.1, 0.15) is 18.1 Å². The number of rotatable bonds is 5. The quantitative estimate of drug-likeness (QED) is 0.649. The summed E-state index contributed by atoms with van der Waals surface area (Å²) in [5.74, 6) is 0.692. The van der Waals surface area contributed by atoms with E-state index in [0.29, 0.717) is 28.3 Å². The van der Waals surface area contributed by atoms with Crippen LogP contribution in [-0.2, 0) is 14.3 Å². The standard InChI is InChI=1S/C20H18N2O5/c1-12(23)21-15-7-4-13(5-8-15)19-22-17(20(24)27-19)10-14-6-9-16(25-2)11-18(14)26-3/h4-11H,1-3H3,(H,21,23)/b17-10-. The molecule has 0 unspecified atom stereocenters. The number of carbonyl (C=O) groups is 2. The van der Waals surface area contributed by atoms with Crippen molar-refractivity contribution >= 4 is 29.5 Å². The van der Waals surface area contributed by atoms with E-state index in [1.165, 1.54) is 14.0 Å². The van der Waals surface area contributed by atoms with Gasteiger partial charge in [-0.25, -0.2) is 9.79 Å². The van der Waals surface area contributed by atoms with Gasteiger partial charge in [-0.05, 0) is 42.5 Å². The van der Waals surface area contributed by atoms with Gasteiger partial charge in [0.1, 0.15) is 11.5 Å². The van der Waals surface area contributed by atoms with Crippen LogP contribution < -0.4 is 14.8 Å². The van der Waals surface area contributed by atoms with E-state index in [1.54, 1.807) is 55.7 Å². The summed E-state index contributed by atoms with van der Waals surface area (Å²) in [5, 5.41) is 2.67. The number of nitrogens with zero attached hydrogens (tertiary/aromatic N) is 1. The molecule has 1 N–H and O–H groups in total. The van der Waals surface area contributed by atoms with Crippen LogP contribution in [-0.4, -0.2) is 32.0 Å². The maximum atomic E-state index is 12.2. The molecule has 0 fully saturated rings. The summed E-state index contributed by atoms with van der Waals surface area (Å²) in [6.07, 6.45) is 1.60. The second-order valence-electron chi connectivity index (χ2n) is 5.70. The summed E-state index contributed by atoms with van der Waals surface area (Å²) in [7, 11) is 3.10. The van der Waals surface area contributed by atoms with Crippen molar-refractivity contribution in [2.24, 2.45) is 4.99 Å². The van der Waals surface area contributed by atoms with Crippen LogP contribution in [0, 0.1) is 0 Å². The fourth-order valence-corrected chi connectivity index (χ4v) is 2.52. The van der Waals surface area contributed by atoms with Gasteiger partial charge in [0.25, 0.3) is 0 Å². The maximum absolute atomic E-state index is 12.2. The lowest BCUT2D eigenvalue weighted by atomic mass is 10.1. The average Bonchev–Trinajstić information content (AvgIpc) is 3.02. The SMILES string of the molecule is COc1ccc(/C=C2\N=C(c3ccc(NC(C)=O)cc3)OC2=O)c(OC)c1. The predicted octanol–water partition coefficient (Wildman–Crippen LogP) is 3.01. The second-order valence-corrected chi connectivity index (χ2v) is 5.70. The Balaban J connectivity index is 1.88. The zero-order valence-corrected chi connectivity index (χ0v) is 15.1. The van der Waals surface area contributed by atoms with Crippen LogP contribution in [0.4, 0.5) is 5.69 Å². The maximum Gasteiger partial charge on any atom is 0.363 e. The number of anilines is 1. The zero-order chi connectivity index (χ0) is 19.4. The van der Waals surface area contributed by atoms with Crippen molar-refractivity contribution < 1.29 is 23.8 Å². The van der Waals surface area contributed by atoms with Gasteiger partial charge in [0.15, 0.2) is 5.70 Å². The van der Waals surface area contributed by atoms with Gasteiger partial charge in [-0.15, -0.1) is 0 Å². The molecule has 27 heavy (non-hydrogen) atoms. The van der Waals surface area contributed by atoms with Gasteiger partial charge in [0, 0.05) is 29.8 Å². The molecule has 1 aliphatic heterocycles. The van der Waals surface area contributed by atoms with E-state index in [4.69, 9.17) is 14.2 Å². The summed E-state index contributed by atoms with van der Waals surface area (Å²) in [6.45, 7) is 1.43. The highest BCUT2D eigenvalue weighted by atomic mass is 16.6. The number of carbonyl (C=O) groups excluding carboxylic acids is 2. The minimum atomic E-state index is -0.547. The molecular weight excluding hydrogens is 348 g/mol. The lowest BCUT2D eigenvalue weighted by molar-refractivity contribution is -0.129. The molecule has 0 aromatic heterocycles. The third-order valence-corrected chi connectivity index (χ3v) is 3.81. The first kappa shape index (κ1) is 18.2. The highest BCUT2D eigenvalue weighted by molar-refractivity contribution is 6.13. The van der Waals surface area contributed by atoms with Crippen molar-refractivity contribution in [1.82, 2.24) is 0 Å². The second kappa shape index (κ2) is 7.74. The van der Waals surface area contributed by atoms with E-state index in [2.05, 4.69) is 10.3 Å². The van der Waals surface area contributed by atoms with E-state index in [-0.39, 0.29) is 17.5 Å². The lowest BCUT2D eigenvalue weighted by Gasteiger charge is -2.07. The summed E-state index contributed by atoms with van der Waals surface area (Å²) < 4.78 is 15.8. The van der Waals surface area contributed by atoms with Crippen LogP contribution in [0.5, 0.6) is 11.5 Å². The van der Waals surface area contributed by atoms with Crippen molar-refractivity contribution in [2.45, 2.75) is 6.92 Å². The van der Waals surface area contributed by atoms with E-state index in [0.717, 1.165) is 0 Å². The predicted molar refractivity (Wildman–Crippen MR) is 101 cm³/mol. The smallest absolute Gasteiger partial charge is 0.363 e. The van der Waals surface area contributed by atoms with Gasteiger partial charge in [-0.3, -0.25) is 4.79 Å². The number of ether oxygens (including phenoxy) is 3. The monoisotopic (exact) mass is 366 g/mol. The highest BCUT2D eigenvalue weighted by Crippen LogP contribution is 2.28. The lowest BCUT2D eigenvalue weighted by Crippen LogP contribution is -2.07. The molecule has 0 saturated carbocycles. The average molecular weight is 366 g/mol. The molecule has 7 heteroatoms. The summed E-state index contributed by atoms with van der Waals surface area (Å²) in [4.78, 5) is 27.5. The zero-order valence-electron chi connectivity index (χ0n) is 15.1. The van der Waals surface area contributed by atoms with Gasteiger partial charge >= 0.3 is 5.97 Å². The van der Waals surface area contributed by atoms with Crippen molar-refractivity contribution in [2.75, 3.05) is 19.5 Å². The molecule has 0 radical (unpaired) electrons. The summed E-state index contributed by atoms with van der Waals surface area (Å²) >= 11 is 0. The van der Waals surface area contributed by atoms with Crippen LogP contribution in [0.2, 0.25) is 0 Å². The molecular formula is C20H18N2O5. The normalized spacial score (nSPS) is 14.6. The van der Waals surface area contributed by atoms with E-state index in [9.17, 15) is 9.59 Å². The number of nitrogens with one attached hydrogen (secondary N) is 1. The van der Waals surface area contributed by atoms with Crippen molar-refractivity contribution in [3.8, 4) is 11.5 Å². The summed E-state index contributed by atoms with van der Waals surface area (Å²) in [5.41, 5.74) is 2.12. The van der Waals surface area contributed by atoms with Crippen LogP contribution in [0.25, 0.3) is 6.08 Å². The number of amides is 1. The van der Waals surface area contributed by atoms with Gasteiger partial charge in [-0.1, -0.05) is 0 Å². The van der Waals surface area contributed by atoms with Gasteiger partial charge < -0.3 is 19.5 Å². The molecule has 138 valence electrons. The third kappa shape index (κ3) is 4.14. The minimum Gasteiger partial charge on any atom is -0.497 e. The Morgan fingerprint density at radius 2 is 1.85 bits per heavy atom. The Hall–Kier alpha value is -3.61. The largest absolute Gasteiger partial charge is 0.497 e. The molecule has 0 atom stereocenters. The molecule has 1 amide bonds. The number of cyclic esters (lactones) is 1.